The fourth-order valence-corrected chi connectivity index (χ4v) is 1.99. The number of halogens is 3. The summed E-state index contributed by atoms with van der Waals surface area (Å²) in [4.78, 5) is 23.3. The molecule has 0 radical (unpaired) electrons. The molecule has 2 aromatic rings. The van der Waals surface area contributed by atoms with Crippen molar-refractivity contribution in [1.29, 1.82) is 0 Å². The lowest BCUT2D eigenvalue weighted by Crippen LogP contribution is -2.32. The molecule has 0 saturated carbocycles. The molecule has 25 heavy (non-hydrogen) atoms. The maximum Gasteiger partial charge on any atom is 0.244 e. The number of rotatable bonds is 5. The van der Waals surface area contributed by atoms with Gasteiger partial charge in [-0.15, -0.1) is 0 Å². The van der Waals surface area contributed by atoms with E-state index in [0.29, 0.717) is 6.07 Å². The second-order valence-corrected chi connectivity index (χ2v) is 5.24. The van der Waals surface area contributed by atoms with Crippen molar-refractivity contribution in [3.05, 3.63) is 71.1 Å². The minimum Gasteiger partial charge on any atom is -0.343 e. The SMILES string of the molecule is Cc1cccc(/C=C/C(=O)NCC(=O)Nc2ccc(F)c(F)c2F)c1. The summed E-state index contributed by atoms with van der Waals surface area (Å²) in [6.45, 7) is 1.47. The molecule has 2 N–H and O–H groups in total. The van der Waals surface area contributed by atoms with Crippen LogP contribution in [0.4, 0.5) is 18.9 Å². The first-order chi connectivity index (χ1) is 11.9. The maximum atomic E-state index is 13.4. The average molecular weight is 348 g/mol. The topological polar surface area (TPSA) is 58.2 Å². The highest BCUT2D eigenvalue weighted by molar-refractivity contribution is 5.98. The van der Waals surface area contributed by atoms with Gasteiger partial charge in [0.1, 0.15) is 0 Å². The summed E-state index contributed by atoms with van der Waals surface area (Å²) in [5, 5.41) is 4.36. The van der Waals surface area contributed by atoms with Gasteiger partial charge in [0.25, 0.3) is 0 Å². The number of hydrogen-bond donors (Lipinski definition) is 2. The van der Waals surface area contributed by atoms with Crippen LogP contribution in [-0.2, 0) is 9.59 Å². The second-order valence-electron chi connectivity index (χ2n) is 5.24. The molecule has 2 amide bonds. The molecule has 0 aliphatic heterocycles. The summed E-state index contributed by atoms with van der Waals surface area (Å²) in [5.41, 5.74) is 1.35. The van der Waals surface area contributed by atoms with Crippen molar-refractivity contribution >= 4 is 23.6 Å². The first-order valence-electron chi connectivity index (χ1n) is 7.33. The van der Waals surface area contributed by atoms with E-state index in [-0.39, 0.29) is 0 Å². The van der Waals surface area contributed by atoms with Crippen molar-refractivity contribution in [3.8, 4) is 0 Å². The van der Waals surface area contributed by atoms with E-state index in [9.17, 15) is 22.8 Å². The Kier molecular flexibility index (Phi) is 5.94. The molecule has 0 aromatic heterocycles. The summed E-state index contributed by atoms with van der Waals surface area (Å²) < 4.78 is 39.3. The van der Waals surface area contributed by atoms with Crippen molar-refractivity contribution in [1.82, 2.24) is 5.32 Å². The third kappa shape index (κ3) is 5.20. The fourth-order valence-electron chi connectivity index (χ4n) is 1.99. The van der Waals surface area contributed by atoms with Crippen LogP contribution in [0.1, 0.15) is 11.1 Å². The highest BCUT2D eigenvalue weighted by Gasteiger charge is 2.15. The second kappa shape index (κ2) is 8.14. The Labute approximate surface area is 142 Å². The molecule has 130 valence electrons. The van der Waals surface area contributed by atoms with Crippen LogP contribution in [0.15, 0.2) is 42.5 Å². The molecule has 0 atom stereocenters. The Hall–Kier alpha value is -3.09. The van der Waals surface area contributed by atoms with Crippen LogP contribution in [0.5, 0.6) is 0 Å². The minimum atomic E-state index is -1.68. The number of aryl methyl sites for hydroxylation is 1. The molecule has 0 bridgehead atoms. The molecule has 2 rings (SSSR count). The maximum absolute atomic E-state index is 13.4. The van der Waals surface area contributed by atoms with Gasteiger partial charge in [0.2, 0.25) is 11.8 Å². The Morgan fingerprint density at radius 1 is 1.08 bits per heavy atom. The van der Waals surface area contributed by atoms with Crippen LogP contribution >= 0.6 is 0 Å². The zero-order valence-corrected chi connectivity index (χ0v) is 13.3. The highest BCUT2D eigenvalue weighted by Crippen LogP contribution is 2.19. The molecule has 2 aromatic carbocycles. The number of carbonyl (C=O) groups excluding carboxylic acids is 2. The molecule has 0 saturated heterocycles. The van der Waals surface area contributed by atoms with Gasteiger partial charge >= 0.3 is 0 Å². The van der Waals surface area contributed by atoms with Crippen LogP contribution < -0.4 is 10.6 Å². The third-order valence-electron chi connectivity index (χ3n) is 3.20. The van der Waals surface area contributed by atoms with Crippen LogP contribution in [0.2, 0.25) is 0 Å². The van der Waals surface area contributed by atoms with Crippen LogP contribution in [-0.4, -0.2) is 18.4 Å². The molecule has 0 spiro atoms. The van der Waals surface area contributed by atoms with Gasteiger partial charge in [-0.05, 0) is 30.7 Å². The predicted molar refractivity (Wildman–Crippen MR) is 88.2 cm³/mol. The highest BCUT2D eigenvalue weighted by atomic mass is 19.2. The number of carbonyl (C=O) groups is 2. The van der Waals surface area contributed by atoms with E-state index >= 15 is 0 Å². The molecule has 0 unspecified atom stereocenters. The van der Waals surface area contributed by atoms with Crippen molar-refractivity contribution in [2.24, 2.45) is 0 Å². The number of nitrogens with one attached hydrogen (secondary N) is 2. The van der Waals surface area contributed by atoms with Gasteiger partial charge in [-0.2, -0.15) is 0 Å². The van der Waals surface area contributed by atoms with Crippen molar-refractivity contribution in [2.45, 2.75) is 6.92 Å². The molecule has 0 fully saturated rings. The average Bonchev–Trinajstić information content (AvgIpc) is 2.59. The molecule has 0 aliphatic carbocycles. The lowest BCUT2D eigenvalue weighted by atomic mass is 10.1. The minimum absolute atomic E-state index is 0.449. The lowest BCUT2D eigenvalue weighted by Gasteiger charge is -2.07. The normalized spacial score (nSPS) is 10.7. The Balaban J connectivity index is 1.87. The Bertz CT molecular complexity index is 835. The summed E-state index contributed by atoms with van der Waals surface area (Å²) >= 11 is 0. The summed E-state index contributed by atoms with van der Waals surface area (Å²) in [7, 11) is 0. The van der Waals surface area contributed by atoms with Gasteiger partial charge in [-0.1, -0.05) is 29.8 Å². The van der Waals surface area contributed by atoms with Gasteiger partial charge < -0.3 is 10.6 Å². The number of amides is 2. The Morgan fingerprint density at radius 2 is 1.84 bits per heavy atom. The third-order valence-corrected chi connectivity index (χ3v) is 3.20. The monoisotopic (exact) mass is 348 g/mol. The van der Waals surface area contributed by atoms with Crippen LogP contribution in [0.25, 0.3) is 6.08 Å². The van der Waals surface area contributed by atoms with Gasteiger partial charge in [-0.3, -0.25) is 9.59 Å². The van der Waals surface area contributed by atoms with E-state index in [1.54, 1.807) is 6.08 Å². The van der Waals surface area contributed by atoms with E-state index in [1.165, 1.54) is 6.08 Å². The number of hydrogen-bond acceptors (Lipinski definition) is 2. The van der Waals surface area contributed by atoms with E-state index < -0.39 is 41.5 Å². The molecule has 4 nitrogen and oxygen atoms in total. The quantitative estimate of drug-likeness (QED) is 0.644. The van der Waals surface area contributed by atoms with Gasteiger partial charge in [0, 0.05) is 6.08 Å². The van der Waals surface area contributed by atoms with Gasteiger partial charge in [-0.25, -0.2) is 13.2 Å². The van der Waals surface area contributed by atoms with Gasteiger partial charge in [0.15, 0.2) is 17.5 Å². The summed E-state index contributed by atoms with van der Waals surface area (Å²) in [5.74, 6) is -5.84. The van der Waals surface area contributed by atoms with E-state index in [1.807, 2.05) is 31.2 Å². The zero-order valence-electron chi connectivity index (χ0n) is 13.3. The predicted octanol–water partition coefficient (Wildman–Crippen LogP) is 3.18. The van der Waals surface area contributed by atoms with Crippen molar-refractivity contribution < 1.29 is 22.8 Å². The van der Waals surface area contributed by atoms with E-state index in [4.69, 9.17) is 0 Å². The first kappa shape index (κ1) is 18.3. The number of anilines is 1. The largest absolute Gasteiger partial charge is 0.343 e. The van der Waals surface area contributed by atoms with Crippen molar-refractivity contribution in [3.63, 3.8) is 0 Å². The first-order valence-corrected chi connectivity index (χ1v) is 7.33. The summed E-state index contributed by atoms with van der Waals surface area (Å²) in [6.07, 6.45) is 2.83. The Morgan fingerprint density at radius 3 is 2.56 bits per heavy atom. The summed E-state index contributed by atoms with van der Waals surface area (Å²) in [6, 6.07) is 9.04. The molecule has 0 heterocycles. The van der Waals surface area contributed by atoms with Gasteiger partial charge in [0.05, 0.1) is 12.2 Å². The standard InChI is InChI=1S/C18H15F3N2O2/c1-11-3-2-4-12(9-11)5-8-15(24)22-10-16(25)23-14-7-6-13(19)17(20)18(14)21/h2-9H,10H2,1H3,(H,22,24)(H,23,25)/b8-5+. The molecular formula is C18H15F3N2O2. The molecule has 7 heteroatoms. The molecule has 0 aliphatic rings. The van der Waals surface area contributed by atoms with Crippen LogP contribution in [0.3, 0.4) is 0 Å². The smallest absolute Gasteiger partial charge is 0.244 e. The van der Waals surface area contributed by atoms with E-state index in [2.05, 4.69) is 10.6 Å². The number of benzene rings is 2. The fraction of sp³-hybridized carbons (Fsp3) is 0.111. The zero-order chi connectivity index (χ0) is 18.4. The molecular weight excluding hydrogens is 333 g/mol. The lowest BCUT2D eigenvalue weighted by molar-refractivity contribution is -0.121. The van der Waals surface area contributed by atoms with Crippen molar-refractivity contribution in [2.75, 3.05) is 11.9 Å². The van der Waals surface area contributed by atoms with Crippen LogP contribution in [0, 0.1) is 24.4 Å². The van der Waals surface area contributed by atoms with E-state index in [0.717, 1.165) is 17.2 Å².